The molecule has 1 aromatic carbocycles. The molecule has 34 heavy (non-hydrogen) atoms. The van der Waals surface area contributed by atoms with Crippen LogP contribution in [0.1, 0.15) is 49.0 Å². The number of pyridine rings is 1. The van der Waals surface area contributed by atoms with Crippen molar-refractivity contribution in [3.63, 3.8) is 0 Å². The van der Waals surface area contributed by atoms with Crippen molar-refractivity contribution in [1.29, 1.82) is 0 Å². The number of carboxylic acid groups (broad SMARTS) is 1. The average molecular weight is 500 g/mol. The first-order chi connectivity index (χ1) is 16.0. The Kier molecular flexibility index (Phi) is 7.84. The molecule has 2 aromatic rings. The molecule has 12 heteroatoms. The summed E-state index contributed by atoms with van der Waals surface area (Å²) in [6, 6.07) is 1.51. The fourth-order valence-electron chi connectivity index (χ4n) is 4.14. The van der Waals surface area contributed by atoms with E-state index in [4.69, 9.17) is 9.29 Å². The minimum absolute atomic E-state index is 0.0482. The minimum Gasteiger partial charge on any atom is -0.492 e. The molecule has 4 rings (SSSR count). The number of fused-ring (bicyclic) bond motifs is 1. The third-order valence-electron chi connectivity index (χ3n) is 6.08. The highest BCUT2D eigenvalue weighted by Crippen LogP contribution is 2.44. The molecule has 0 spiro atoms. The number of nitrogens with one attached hydrogen (secondary N) is 1. The number of piperidine rings is 1. The third kappa shape index (κ3) is 5.50. The van der Waals surface area contributed by atoms with Crippen LogP contribution in [0, 0.1) is 5.82 Å². The molecule has 2 aliphatic rings. The summed E-state index contributed by atoms with van der Waals surface area (Å²) in [5.41, 5.74) is -0.216. The molecule has 1 atom stereocenters. The standard InChI is InChI=1S/C20H24FN3O4.C2H6O3S/c1-22-11-4-3-7-23(9-11)17-15(21)8-13-16(19(17)28-2)24(12-5-6-12)10-14(18(13)25)20(26)27;1-2-6(3,4)5/h8,10-12,22H,3-7,9H2,1-2H3,(H,26,27);2H2,1H3,(H,3,4,5). The van der Waals surface area contributed by atoms with Crippen LogP contribution in [0.5, 0.6) is 5.75 Å². The van der Waals surface area contributed by atoms with Gasteiger partial charge in [0.15, 0.2) is 11.6 Å². The molecule has 10 nitrogen and oxygen atoms in total. The lowest BCUT2D eigenvalue weighted by molar-refractivity contribution is 0.0694. The summed E-state index contributed by atoms with van der Waals surface area (Å²) in [4.78, 5) is 26.2. The van der Waals surface area contributed by atoms with Crippen molar-refractivity contribution in [3.05, 3.63) is 33.9 Å². The molecule has 1 saturated heterocycles. The zero-order chi connectivity index (χ0) is 25.2. The molecule has 1 aromatic heterocycles. The van der Waals surface area contributed by atoms with Gasteiger partial charge in [0.05, 0.1) is 23.8 Å². The molecule has 1 aliphatic carbocycles. The molecule has 1 aliphatic heterocycles. The largest absolute Gasteiger partial charge is 0.492 e. The number of carboxylic acids is 1. The van der Waals surface area contributed by atoms with Crippen LogP contribution >= 0.6 is 0 Å². The van der Waals surface area contributed by atoms with Gasteiger partial charge in [0.25, 0.3) is 10.1 Å². The Morgan fingerprint density at radius 1 is 1.32 bits per heavy atom. The van der Waals surface area contributed by atoms with Crippen molar-refractivity contribution < 1.29 is 32.0 Å². The van der Waals surface area contributed by atoms with Crippen LogP contribution in [0.15, 0.2) is 17.1 Å². The van der Waals surface area contributed by atoms with Gasteiger partial charge in [-0.25, -0.2) is 9.18 Å². The third-order valence-corrected chi connectivity index (χ3v) is 6.81. The molecule has 0 amide bonds. The Labute approximate surface area is 197 Å². The average Bonchev–Trinajstić information content (AvgIpc) is 3.64. The predicted octanol–water partition coefficient (Wildman–Crippen LogP) is 2.26. The minimum atomic E-state index is -3.66. The van der Waals surface area contributed by atoms with Crippen molar-refractivity contribution in [1.82, 2.24) is 9.88 Å². The summed E-state index contributed by atoms with van der Waals surface area (Å²) in [5, 5.41) is 12.7. The second-order valence-electron chi connectivity index (χ2n) is 8.40. The SMILES string of the molecule is CCS(=O)(=O)O.CNC1CCCN(c2c(F)cc3c(=O)c(C(=O)O)cn(C4CC4)c3c2OC)C1. The Morgan fingerprint density at radius 2 is 1.97 bits per heavy atom. The highest BCUT2D eigenvalue weighted by Gasteiger charge is 2.32. The number of anilines is 1. The van der Waals surface area contributed by atoms with E-state index in [0.29, 0.717) is 30.0 Å². The van der Waals surface area contributed by atoms with Gasteiger partial charge in [0.2, 0.25) is 5.43 Å². The van der Waals surface area contributed by atoms with Crippen LogP contribution in [-0.4, -0.2) is 67.7 Å². The van der Waals surface area contributed by atoms with Crippen molar-refractivity contribution >= 4 is 32.7 Å². The van der Waals surface area contributed by atoms with Crippen LogP contribution in [0.2, 0.25) is 0 Å². The van der Waals surface area contributed by atoms with Crippen LogP contribution < -0.4 is 20.4 Å². The summed E-state index contributed by atoms with van der Waals surface area (Å²) in [6.07, 6.45) is 5.08. The lowest BCUT2D eigenvalue weighted by Gasteiger charge is -2.35. The van der Waals surface area contributed by atoms with Crippen LogP contribution in [0.3, 0.4) is 0 Å². The summed E-state index contributed by atoms with van der Waals surface area (Å²) in [7, 11) is -0.310. The second-order valence-corrected chi connectivity index (χ2v) is 10.1. The van der Waals surface area contributed by atoms with Gasteiger partial charge in [-0.2, -0.15) is 8.42 Å². The molecule has 0 radical (unpaired) electrons. The van der Waals surface area contributed by atoms with Gasteiger partial charge in [0.1, 0.15) is 11.3 Å². The van der Waals surface area contributed by atoms with Crippen molar-refractivity contribution in [3.8, 4) is 5.75 Å². The highest BCUT2D eigenvalue weighted by molar-refractivity contribution is 7.85. The maximum atomic E-state index is 15.2. The number of likely N-dealkylation sites (N-methyl/N-ethyl adjacent to an activating group) is 1. The smallest absolute Gasteiger partial charge is 0.341 e. The van der Waals surface area contributed by atoms with E-state index in [9.17, 15) is 23.1 Å². The van der Waals surface area contributed by atoms with Gasteiger partial charge in [-0.1, -0.05) is 0 Å². The molecule has 188 valence electrons. The molecule has 2 fully saturated rings. The molecule has 1 unspecified atom stereocenters. The summed E-state index contributed by atoms with van der Waals surface area (Å²) < 4.78 is 49.5. The van der Waals surface area contributed by atoms with Gasteiger partial charge in [-0.15, -0.1) is 0 Å². The van der Waals surface area contributed by atoms with Gasteiger partial charge >= 0.3 is 5.97 Å². The maximum Gasteiger partial charge on any atom is 0.341 e. The maximum absolute atomic E-state index is 15.2. The van der Waals surface area contributed by atoms with E-state index in [1.807, 2.05) is 11.9 Å². The van der Waals surface area contributed by atoms with E-state index in [0.717, 1.165) is 25.7 Å². The quantitative estimate of drug-likeness (QED) is 0.511. The molecule has 2 heterocycles. The van der Waals surface area contributed by atoms with E-state index in [-0.39, 0.29) is 28.8 Å². The number of halogens is 1. The number of ether oxygens (including phenoxy) is 1. The normalized spacial score (nSPS) is 18.4. The topological polar surface area (TPSA) is 138 Å². The van der Waals surface area contributed by atoms with Gasteiger partial charge in [-0.05, 0) is 45.7 Å². The Bertz CT molecular complexity index is 1240. The van der Waals surface area contributed by atoms with E-state index in [1.165, 1.54) is 26.3 Å². The first-order valence-electron chi connectivity index (χ1n) is 11.1. The van der Waals surface area contributed by atoms with Gasteiger partial charge < -0.3 is 24.6 Å². The van der Waals surface area contributed by atoms with E-state index in [2.05, 4.69) is 5.32 Å². The van der Waals surface area contributed by atoms with Crippen LogP contribution in [0.25, 0.3) is 10.9 Å². The lowest BCUT2D eigenvalue weighted by atomic mass is 10.0. The number of carbonyl (C=O) groups is 1. The van der Waals surface area contributed by atoms with Crippen LogP contribution in [-0.2, 0) is 10.1 Å². The number of aromatic carboxylic acids is 1. The second kappa shape index (κ2) is 10.3. The highest BCUT2D eigenvalue weighted by atomic mass is 32.2. The Morgan fingerprint density at radius 3 is 2.47 bits per heavy atom. The number of hydrogen-bond donors (Lipinski definition) is 3. The van der Waals surface area contributed by atoms with Crippen molar-refractivity contribution in [2.24, 2.45) is 0 Å². The predicted molar refractivity (Wildman–Crippen MR) is 126 cm³/mol. The van der Waals surface area contributed by atoms with Crippen molar-refractivity contribution in [2.75, 3.05) is 37.9 Å². The molecule has 1 saturated carbocycles. The van der Waals surface area contributed by atoms with E-state index < -0.39 is 27.3 Å². The van der Waals surface area contributed by atoms with Crippen molar-refractivity contribution in [2.45, 2.75) is 44.7 Å². The van der Waals surface area contributed by atoms with E-state index in [1.54, 1.807) is 4.57 Å². The molecular formula is C22H30FN3O7S. The Hall–Kier alpha value is -2.70. The number of methoxy groups -OCH3 is 1. The summed E-state index contributed by atoms with van der Waals surface area (Å²) >= 11 is 0. The first kappa shape index (κ1) is 25.9. The number of benzene rings is 1. The zero-order valence-corrected chi connectivity index (χ0v) is 20.2. The summed E-state index contributed by atoms with van der Waals surface area (Å²) in [5.74, 6) is -1.78. The number of rotatable bonds is 6. The first-order valence-corrected chi connectivity index (χ1v) is 12.7. The van der Waals surface area contributed by atoms with E-state index >= 15 is 4.39 Å². The van der Waals surface area contributed by atoms with Crippen LogP contribution in [0.4, 0.5) is 10.1 Å². The lowest BCUT2D eigenvalue weighted by Crippen LogP contribution is -2.45. The number of hydrogen-bond acceptors (Lipinski definition) is 7. The number of nitrogens with zero attached hydrogens (tertiary/aromatic N) is 2. The van der Waals surface area contributed by atoms with Gasteiger partial charge in [0, 0.05) is 31.4 Å². The fraction of sp³-hybridized carbons (Fsp3) is 0.545. The Balaban J connectivity index is 0.000000481. The molecule has 0 bridgehead atoms. The zero-order valence-electron chi connectivity index (χ0n) is 19.4. The molecule has 3 N–H and O–H groups in total. The summed E-state index contributed by atoms with van der Waals surface area (Å²) in [6.45, 7) is 2.70. The molecular weight excluding hydrogens is 469 g/mol. The van der Waals surface area contributed by atoms with Gasteiger partial charge in [-0.3, -0.25) is 9.35 Å². The fourth-order valence-corrected chi connectivity index (χ4v) is 4.14. The number of aromatic nitrogens is 1. The monoisotopic (exact) mass is 499 g/mol.